The van der Waals surface area contributed by atoms with Gasteiger partial charge in [0.2, 0.25) is 0 Å². The summed E-state index contributed by atoms with van der Waals surface area (Å²) < 4.78 is 31.2. The first-order chi connectivity index (χ1) is 16.6. The number of halogens is 1. The molecule has 0 aliphatic heterocycles. The zero-order valence-electron chi connectivity index (χ0n) is 18.8. The van der Waals surface area contributed by atoms with Crippen LogP contribution in [0.1, 0.15) is 5.56 Å². The molecule has 0 fully saturated rings. The number of fused-ring (bicyclic) bond motifs is 1. The van der Waals surface area contributed by atoms with Crippen molar-refractivity contribution in [2.24, 2.45) is 0 Å². The highest BCUT2D eigenvalue weighted by Gasteiger charge is 2.13. The van der Waals surface area contributed by atoms with Gasteiger partial charge >= 0.3 is 0 Å². The van der Waals surface area contributed by atoms with E-state index in [-0.39, 0.29) is 5.82 Å². The molecule has 170 valence electrons. The minimum atomic E-state index is -0.362. The van der Waals surface area contributed by atoms with Crippen molar-refractivity contribution in [3.63, 3.8) is 0 Å². The lowest BCUT2D eigenvalue weighted by Crippen LogP contribution is -1.96. The van der Waals surface area contributed by atoms with Crippen molar-refractivity contribution >= 4 is 11.0 Å². The minimum Gasteiger partial charge on any atom is -0.493 e. The third-order valence-corrected chi connectivity index (χ3v) is 5.68. The summed E-state index contributed by atoms with van der Waals surface area (Å²) in [6, 6.07) is 22.3. The first-order valence-corrected chi connectivity index (χ1v) is 10.8. The van der Waals surface area contributed by atoms with Gasteiger partial charge in [0.25, 0.3) is 0 Å². The molecule has 5 nitrogen and oxygen atoms in total. The summed E-state index contributed by atoms with van der Waals surface area (Å²) in [6.07, 6.45) is 3.63. The predicted molar refractivity (Wildman–Crippen MR) is 131 cm³/mol. The highest BCUT2D eigenvalue weighted by Crippen LogP contribution is 2.36. The Bertz CT molecular complexity index is 1450. The summed E-state index contributed by atoms with van der Waals surface area (Å²) in [4.78, 5) is 7.75. The van der Waals surface area contributed by atoms with Crippen LogP contribution < -0.4 is 14.2 Å². The number of nitrogens with zero attached hydrogens (tertiary/aromatic N) is 1. The van der Waals surface area contributed by atoms with Gasteiger partial charge in [0.15, 0.2) is 11.5 Å². The van der Waals surface area contributed by atoms with E-state index in [4.69, 9.17) is 14.2 Å². The Morgan fingerprint density at radius 3 is 2.44 bits per heavy atom. The van der Waals surface area contributed by atoms with E-state index in [2.05, 4.69) is 9.97 Å². The van der Waals surface area contributed by atoms with Crippen molar-refractivity contribution in [1.29, 1.82) is 0 Å². The summed E-state index contributed by atoms with van der Waals surface area (Å²) in [7, 11) is 3.21. The average Bonchev–Trinajstić information content (AvgIpc) is 3.31. The molecule has 0 radical (unpaired) electrons. The van der Waals surface area contributed by atoms with Crippen LogP contribution in [0.25, 0.3) is 33.3 Å². The van der Waals surface area contributed by atoms with Gasteiger partial charge < -0.3 is 19.2 Å². The van der Waals surface area contributed by atoms with Crippen LogP contribution >= 0.6 is 0 Å². The summed E-state index contributed by atoms with van der Waals surface area (Å²) in [5.41, 5.74) is 5.13. The molecule has 0 aliphatic carbocycles. The molecule has 0 unspecified atom stereocenters. The molecule has 1 N–H and O–H groups in total. The van der Waals surface area contributed by atoms with Crippen LogP contribution in [0.5, 0.6) is 17.2 Å². The van der Waals surface area contributed by atoms with Crippen molar-refractivity contribution in [3.05, 3.63) is 96.6 Å². The predicted octanol–water partition coefficient (Wildman–Crippen LogP) is 6.63. The van der Waals surface area contributed by atoms with Gasteiger partial charge in [0.1, 0.15) is 23.8 Å². The monoisotopic (exact) mass is 454 g/mol. The maximum atomic E-state index is 14.5. The number of aromatic amines is 1. The Labute approximate surface area is 196 Å². The highest BCUT2D eigenvalue weighted by molar-refractivity contribution is 5.96. The Morgan fingerprint density at radius 2 is 1.65 bits per heavy atom. The molecule has 2 aromatic heterocycles. The number of hydrogen-bond donors (Lipinski definition) is 1. The molecule has 0 aliphatic rings. The fourth-order valence-corrected chi connectivity index (χ4v) is 3.96. The van der Waals surface area contributed by atoms with Gasteiger partial charge in [0, 0.05) is 35.0 Å². The first kappa shape index (κ1) is 21.5. The molecule has 34 heavy (non-hydrogen) atoms. The van der Waals surface area contributed by atoms with Crippen LogP contribution in [-0.2, 0) is 6.61 Å². The normalized spacial score (nSPS) is 10.9. The van der Waals surface area contributed by atoms with Crippen LogP contribution in [0.3, 0.4) is 0 Å². The number of pyridine rings is 1. The number of nitrogens with one attached hydrogen (secondary N) is 1. The second kappa shape index (κ2) is 9.27. The largest absolute Gasteiger partial charge is 0.493 e. The Hall–Kier alpha value is -4.32. The SMILES string of the molecule is COc1ccc(-c2cnc3[nH]cc(-c4cc(F)cc(OCc5ccccc5)c4)c3c2)cc1OC. The van der Waals surface area contributed by atoms with Crippen LogP contribution in [0.15, 0.2) is 85.2 Å². The quantitative estimate of drug-likeness (QED) is 0.300. The molecular formula is C28H23FN2O3. The molecule has 6 heteroatoms. The standard InChI is InChI=1S/C28H23FN2O3/c1-32-26-9-8-19(13-27(26)33-2)21-12-24-25(16-31-28(24)30-15-21)20-10-22(29)14-23(11-20)34-17-18-6-4-3-5-7-18/h3-16H,17H2,1-2H3,(H,30,31). The molecule has 0 atom stereocenters. The van der Waals surface area contributed by atoms with E-state index in [0.717, 1.165) is 33.3 Å². The summed E-state index contributed by atoms with van der Waals surface area (Å²) in [6.45, 7) is 0.364. The van der Waals surface area contributed by atoms with E-state index >= 15 is 0 Å². The van der Waals surface area contributed by atoms with Gasteiger partial charge in [-0.05, 0) is 47.0 Å². The van der Waals surface area contributed by atoms with E-state index in [9.17, 15) is 4.39 Å². The van der Waals surface area contributed by atoms with E-state index < -0.39 is 0 Å². The van der Waals surface area contributed by atoms with Crippen molar-refractivity contribution in [2.45, 2.75) is 6.61 Å². The van der Waals surface area contributed by atoms with Gasteiger partial charge in [-0.25, -0.2) is 9.37 Å². The lowest BCUT2D eigenvalue weighted by molar-refractivity contribution is 0.305. The van der Waals surface area contributed by atoms with Crippen molar-refractivity contribution in [1.82, 2.24) is 9.97 Å². The summed E-state index contributed by atoms with van der Waals surface area (Å²) in [5, 5.41) is 0.881. The summed E-state index contributed by atoms with van der Waals surface area (Å²) >= 11 is 0. The molecule has 0 spiro atoms. The molecule has 3 aromatic carbocycles. The minimum absolute atomic E-state index is 0.362. The molecule has 5 aromatic rings. The lowest BCUT2D eigenvalue weighted by atomic mass is 10.0. The second-order valence-electron chi connectivity index (χ2n) is 7.84. The maximum Gasteiger partial charge on any atom is 0.161 e. The van der Waals surface area contributed by atoms with Gasteiger partial charge in [0.05, 0.1) is 14.2 Å². The molecule has 0 saturated heterocycles. The molecule has 0 bridgehead atoms. The maximum absolute atomic E-state index is 14.5. The van der Waals surface area contributed by atoms with Gasteiger partial charge in [-0.2, -0.15) is 0 Å². The van der Waals surface area contributed by atoms with Crippen LogP contribution in [-0.4, -0.2) is 24.2 Å². The zero-order chi connectivity index (χ0) is 23.5. The van der Waals surface area contributed by atoms with Crippen molar-refractivity contribution in [2.75, 3.05) is 14.2 Å². The number of aromatic nitrogens is 2. The molecular weight excluding hydrogens is 431 g/mol. The van der Waals surface area contributed by atoms with E-state index in [1.165, 1.54) is 12.1 Å². The van der Waals surface area contributed by atoms with E-state index in [0.29, 0.717) is 29.4 Å². The topological polar surface area (TPSA) is 56.4 Å². The third-order valence-electron chi connectivity index (χ3n) is 5.68. The van der Waals surface area contributed by atoms with Crippen LogP contribution in [0, 0.1) is 5.82 Å². The van der Waals surface area contributed by atoms with Gasteiger partial charge in [-0.15, -0.1) is 0 Å². The van der Waals surface area contributed by atoms with Crippen LogP contribution in [0.2, 0.25) is 0 Å². The Morgan fingerprint density at radius 1 is 0.824 bits per heavy atom. The molecule has 5 rings (SSSR count). The Kier molecular flexibility index (Phi) is 5.87. The number of benzene rings is 3. The first-order valence-electron chi connectivity index (χ1n) is 10.8. The fourth-order valence-electron chi connectivity index (χ4n) is 3.96. The van der Waals surface area contributed by atoms with Crippen molar-refractivity contribution in [3.8, 4) is 39.5 Å². The number of H-pyrrole nitrogens is 1. The number of ether oxygens (including phenoxy) is 3. The van der Waals surface area contributed by atoms with E-state index in [1.54, 1.807) is 20.4 Å². The zero-order valence-corrected chi connectivity index (χ0v) is 18.8. The Balaban J connectivity index is 1.50. The average molecular weight is 455 g/mol. The smallest absolute Gasteiger partial charge is 0.161 e. The van der Waals surface area contributed by atoms with Gasteiger partial charge in [-0.1, -0.05) is 36.4 Å². The number of rotatable bonds is 7. The van der Waals surface area contributed by atoms with Crippen molar-refractivity contribution < 1.29 is 18.6 Å². The lowest BCUT2D eigenvalue weighted by Gasteiger charge is -2.10. The molecule has 2 heterocycles. The third kappa shape index (κ3) is 4.30. The fraction of sp³-hybridized carbons (Fsp3) is 0.107. The summed E-state index contributed by atoms with van der Waals surface area (Å²) in [5.74, 6) is 1.40. The second-order valence-corrected chi connectivity index (χ2v) is 7.84. The van der Waals surface area contributed by atoms with E-state index in [1.807, 2.05) is 66.9 Å². The number of hydrogen-bond acceptors (Lipinski definition) is 4. The highest BCUT2D eigenvalue weighted by atomic mass is 19.1. The molecule has 0 saturated carbocycles. The van der Waals surface area contributed by atoms with Crippen LogP contribution in [0.4, 0.5) is 4.39 Å². The van der Waals surface area contributed by atoms with Gasteiger partial charge in [-0.3, -0.25) is 0 Å². The molecule has 0 amide bonds. The number of methoxy groups -OCH3 is 2.